The van der Waals surface area contributed by atoms with Crippen LogP contribution in [0.5, 0.6) is 0 Å². The highest BCUT2D eigenvalue weighted by Gasteiger charge is 2.28. The predicted octanol–water partition coefficient (Wildman–Crippen LogP) is 1.03. The van der Waals surface area contributed by atoms with Crippen LogP contribution < -0.4 is 21.2 Å². The highest BCUT2D eigenvalue weighted by Crippen LogP contribution is 2.18. The molecule has 0 atom stereocenters. The fourth-order valence-corrected chi connectivity index (χ4v) is 2.38. The summed E-state index contributed by atoms with van der Waals surface area (Å²) in [5, 5.41) is 14.1. The van der Waals surface area contributed by atoms with E-state index in [2.05, 4.69) is 30.6 Å². The van der Waals surface area contributed by atoms with Crippen molar-refractivity contribution in [2.75, 3.05) is 5.32 Å². The van der Waals surface area contributed by atoms with Crippen molar-refractivity contribution in [1.82, 2.24) is 25.3 Å². The Morgan fingerprint density at radius 2 is 1.84 bits per heavy atom. The molecule has 0 saturated heterocycles. The second kappa shape index (κ2) is 9.96. The van der Waals surface area contributed by atoms with E-state index in [-0.39, 0.29) is 11.7 Å². The van der Waals surface area contributed by atoms with Gasteiger partial charge in [-0.25, -0.2) is 9.78 Å². The van der Waals surface area contributed by atoms with E-state index in [1.165, 1.54) is 13.3 Å². The summed E-state index contributed by atoms with van der Waals surface area (Å²) in [6.45, 7) is 4.49. The third-order valence-electron chi connectivity index (χ3n) is 3.87. The van der Waals surface area contributed by atoms with Crippen molar-refractivity contribution < 1.29 is 19.5 Å². The maximum Gasteiger partial charge on any atom is 0.342 e. The lowest BCUT2D eigenvalue weighted by Crippen LogP contribution is -2.51. The van der Waals surface area contributed by atoms with Crippen molar-refractivity contribution in [2.45, 2.75) is 26.3 Å². The molecule has 4 N–H and O–H groups in total. The van der Waals surface area contributed by atoms with E-state index >= 15 is 0 Å². The van der Waals surface area contributed by atoms with Gasteiger partial charge in [0, 0.05) is 24.4 Å². The first kappa shape index (κ1) is 23.0. The summed E-state index contributed by atoms with van der Waals surface area (Å²) in [6.07, 6.45) is 5.77. The molecule has 11 heteroatoms. The number of benzene rings is 1. The van der Waals surface area contributed by atoms with Gasteiger partial charge in [0.1, 0.15) is 16.9 Å². The Hall–Kier alpha value is -4.28. The molecule has 0 radical (unpaired) electrons. The summed E-state index contributed by atoms with van der Waals surface area (Å²) in [7, 11) is 0. The van der Waals surface area contributed by atoms with E-state index in [1.54, 1.807) is 50.5 Å². The number of rotatable bonds is 5. The van der Waals surface area contributed by atoms with Crippen LogP contribution in [-0.2, 0) is 9.59 Å². The fraction of sp³-hybridized carbons (Fsp3) is 0.200. The summed E-state index contributed by atoms with van der Waals surface area (Å²) >= 11 is 0. The maximum atomic E-state index is 12.2. The number of hydrogen-bond acceptors (Lipinski definition) is 6. The highest BCUT2D eigenvalue weighted by molar-refractivity contribution is 5.99. The highest BCUT2D eigenvalue weighted by atomic mass is 16.4. The number of carbonyl (C=O) groups is 3. The fourth-order valence-electron chi connectivity index (χ4n) is 2.38. The van der Waals surface area contributed by atoms with Crippen molar-refractivity contribution >= 4 is 23.5 Å². The molecule has 2 amide bonds. The Labute approximate surface area is 177 Å². The summed E-state index contributed by atoms with van der Waals surface area (Å²) in [4.78, 5) is 59.5. The zero-order valence-electron chi connectivity index (χ0n) is 17.0. The number of H-pyrrole nitrogens is 1. The zero-order valence-corrected chi connectivity index (χ0v) is 17.0. The largest absolute Gasteiger partial charge is 0.477 e. The molecule has 2 aromatic heterocycles. The lowest BCUT2D eigenvalue weighted by molar-refractivity contribution is -0.128. The summed E-state index contributed by atoms with van der Waals surface area (Å²) in [5.74, 6) is -1.86. The lowest BCUT2D eigenvalue weighted by Gasteiger charge is -2.24. The van der Waals surface area contributed by atoms with E-state index in [1.807, 2.05) is 0 Å². The van der Waals surface area contributed by atoms with E-state index < -0.39 is 28.5 Å². The van der Waals surface area contributed by atoms with Gasteiger partial charge in [-0.3, -0.25) is 14.4 Å². The standard InChI is InChI=1S/C17H18N4O5.C3H3N2/c1-9(22)21-17(2,3)16(26)19-11-6-4-10(5-7-11)13-18-8-12(15(24)25)14(23)20-13;1-2-5-3-4-1/h4-8H,1-3H3,(H,19,26)(H,21,22)(H,24,25)(H,18,20,23);1-3H/q;-1. The van der Waals surface area contributed by atoms with E-state index in [9.17, 15) is 19.2 Å². The van der Waals surface area contributed by atoms with Crippen molar-refractivity contribution in [2.24, 2.45) is 0 Å². The van der Waals surface area contributed by atoms with Crippen LogP contribution in [0.2, 0.25) is 0 Å². The molecule has 162 valence electrons. The van der Waals surface area contributed by atoms with Gasteiger partial charge in [0.15, 0.2) is 0 Å². The maximum absolute atomic E-state index is 12.2. The van der Waals surface area contributed by atoms with E-state index in [0.29, 0.717) is 11.3 Å². The third kappa shape index (κ3) is 6.63. The number of aromatic amines is 1. The molecule has 2 heterocycles. The number of carboxylic acid groups (broad SMARTS) is 1. The van der Waals surface area contributed by atoms with E-state index in [4.69, 9.17) is 5.11 Å². The number of aromatic nitrogens is 4. The number of amides is 2. The topological polar surface area (TPSA) is 168 Å². The second-order valence-corrected chi connectivity index (χ2v) is 6.83. The number of carboxylic acids is 1. The lowest BCUT2D eigenvalue weighted by atomic mass is 10.0. The van der Waals surface area contributed by atoms with Crippen LogP contribution in [0.1, 0.15) is 31.1 Å². The number of aromatic carboxylic acids is 1. The molecule has 0 aliphatic heterocycles. The zero-order chi connectivity index (χ0) is 23.0. The summed E-state index contributed by atoms with van der Waals surface area (Å²) < 4.78 is 0. The smallest absolute Gasteiger partial charge is 0.342 e. The summed E-state index contributed by atoms with van der Waals surface area (Å²) in [6, 6.07) is 6.42. The minimum absolute atomic E-state index is 0.205. The van der Waals surface area contributed by atoms with Gasteiger partial charge in [0.2, 0.25) is 11.8 Å². The first-order valence-corrected chi connectivity index (χ1v) is 9.00. The molecular weight excluding hydrogens is 404 g/mol. The first-order chi connectivity index (χ1) is 14.6. The molecule has 3 aromatic rings. The molecule has 0 spiro atoms. The Balaban J connectivity index is 0.000000597. The minimum atomic E-state index is -1.36. The molecule has 3 rings (SSSR count). The van der Waals surface area contributed by atoms with Gasteiger partial charge < -0.3 is 30.7 Å². The Morgan fingerprint density at radius 3 is 2.29 bits per heavy atom. The minimum Gasteiger partial charge on any atom is -0.477 e. The Bertz CT molecular complexity index is 1090. The molecule has 0 aliphatic rings. The molecule has 1 aromatic carbocycles. The average Bonchev–Trinajstić information content (AvgIpc) is 3.27. The normalized spacial score (nSPS) is 10.4. The SMILES string of the molecule is CC(=O)NC(C)(C)C(=O)Nc1ccc(-c2ncc(C(=O)O)c(=O)[nH]2)cc1.c1c[n-]cn1. The number of carbonyl (C=O) groups excluding carboxylic acids is 2. The van der Waals surface area contributed by atoms with Crippen molar-refractivity contribution in [1.29, 1.82) is 0 Å². The van der Waals surface area contributed by atoms with Crippen LogP contribution in [0, 0.1) is 0 Å². The number of anilines is 1. The average molecular weight is 425 g/mol. The molecule has 0 bridgehead atoms. The molecule has 0 fully saturated rings. The van der Waals surface area contributed by atoms with Gasteiger partial charge in [-0.2, -0.15) is 0 Å². The number of imidazole rings is 1. The van der Waals surface area contributed by atoms with Crippen LogP contribution in [-0.4, -0.2) is 43.4 Å². The van der Waals surface area contributed by atoms with Gasteiger partial charge in [0.25, 0.3) is 5.56 Å². The number of nitrogens with one attached hydrogen (secondary N) is 3. The number of hydrogen-bond donors (Lipinski definition) is 4. The van der Waals surface area contributed by atoms with Crippen LogP contribution in [0.25, 0.3) is 11.4 Å². The first-order valence-electron chi connectivity index (χ1n) is 9.00. The second-order valence-electron chi connectivity index (χ2n) is 6.83. The summed E-state index contributed by atoms with van der Waals surface area (Å²) in [5.41, 5.74) is -1.25. The molecule has 31 heavy (non-hydrogen) atoms. The van der Waals surface area contributed by atoms with Gasteiger partial charge in [-0.05, 0) is 38.1 Å². The monoisotopic (exact) mass is 425 g/mol. The van der Waals surface area contributed by atoms with Gasteiger partial charge in [-0.15, -0.1) is 0 Å². The van der Waals surface area contributed by atoms with Crippen molar-refractivity contribution in [3.63, 3.8) is 0 Å². The van der Waals surface area contributed by atoms with Crippen LogP contribution in [0.3, 0.4) is 0 Å². The van der Waals surface area contributed by atoms with Gasteiger partial charge in [-0.1, -0.05) is 18.7 Å². The van der Waals surface area contributed by atoms with Crippen LogP contribution in [0.4, 0.5) is 5.69 Å². The van der Waals surface area contributed by atoms with Crippen LogP contribution in [0.15, 0.2) is 54.0 Å². The Morgan fingerprint density at radius 1 is 1.16 bits per heavy atom. The predicted molar refractivity (Wildman–Crippen MR) is 111 cm³/mol. The van der Waals surface area contributed by atoms with E-state index in [0.717, 1.165) is 6.20 Å². The van der Waals surface area contributed by atoms with Crippen molar-refractivity contribution in [3.8, 4) is 11.4 Å². The molecular formula is C20H21N6O5-. The number of nitrogens with zero attached hydrogens (tertiary/aromatic N) is 3. The van der Waals surface area contributed by atoms with Crippen molar-refractivity contribution in [3.05, 3.63) is 65.1 Å². The third-order valence-corrected chi connectivity index (χ3v) is 3.87. The van der Waals surface area contributed by atoms with Crippen LogP contribution >= 0.6 is 0 Å². The quantitative estimate of drug-likeness (QED) is 0.470. The molecule has 0 aliphatic carbocycles. The van der Waals surface area contributed by atoms with Gasteiger partial charge >= 0.3 is 5.97 Å². The Kier molecular flexibility index (Phi) is 7.39. The molecule has 11 nitrogen and oxygen atoms in total. The molecule has 0 unspecified atom stereocenters. The molecule has 0 saturated carbocycles. The van der Waals surface area contributed by atoms with Gasteiger partial charge in [0.05, 0.1) is 0 Å².